The first kappa shape index (κ1) is 20.5. The third-order valence-corrected chi connectivity index (χ3v) is 6.34. The summed E-state index contributed by atoms with van der Waals surface area (Å²) in [5.41, 5.74) is 4.70. The number of terminal acetylenes is 1. The third-order valence-electron chi connectivity index (χ3n) is 4.78. The number of thiazole rings is 1. The predicted octanol–water partition coefficient (Wildman–Crippen LogP) is 4.25. The van der Waals surface area contributed by atoms with Crippen LogP contribution in [0.5, 0.6) is 11.5 Å². The van der Waals surface area contributed by atoms with Crippen LogP contribution in [0.3, 0.4) is 0 Å². The molecule has 0 saturated heterocycles. The van der Waals surface area contributed by atoms with Crippen LogP contribution in [-0.2, 0) is 0 Å². The average Bonchev–Trinajstić information content (AvgIpc) is 3.18. The minimum absolute atomic E-state index is 0.0810. The molecule has 7 heteroatoms. The number of benzene rings is 2. The number of hydrogen-bond acceptors (Lipinski definition) is 5. The van der Waals surface area contributed by atoms with Gasteiger partial charge in [-0.15, -0.1) is 6.42 Å². The lowest BCUT2D eigenvalue weighted by molar-refractivity contribution is 0.298. The van der Waals surface area contributed by atoms with Crippen molar-refractivity contribution in [2.45, 2.75) is 20.8 Å². The molecule has 0 fully saturated rings. The standard InChI is InChI=1S/C23H19BrN2O3S/c1-5-7-29-21-16(24)10-15(11-19(21)28-6-2)12-20-22(27)26-18-9-14(4)13(3)8-17(18)25-23(26)30-20/h1,8-12H,6-7H2,2-4H3/b20-12-. The van der Waals surface area contributed by atoms with Crippen LogP contribution < -0.4 is 19.6 Å². The Bertz CT molecular complexity index is 1430. The Morgan fingerprint density at radius 2 is 2.00 bits per heavy atom. The molecule has 4 aromatic rings. The number of fused-ring (bicyclic) bond motifs is 3. The number of aryl methyl sites for hydroxylation is 2. The summed E-state index contributed by atoms with van der Waals surface area (Å²) in [5, 5.41) is 0. The number of ether oxygens (including phenoxy) is 2. The SMILES string of the molecule is C#CCOc1c(Br)cc(/C=c2\sc3nc4cc(C)c(C)cc4n3c2=O)cc1OCC. The fourth-order valence-electron chi connectivity index (χ4n) is 3.26. The second-order valence-corrected chi connectivity index (χ2v) is 8.69. The van der Waals surface area contributed by atoms with E-state index in [1.54, 1.807) is 4.40 Å². The van der Waals surface area contributed by atoms with Crippen molar-refractivity contribution in [1.82, 2.24) is 9.38 Å². The zero-order valence-electron chi connectivity index (χ0n) is 16.8. The first-order valence-corrected chi connectivity index (χ1v) is 11.0. The van der Waals surface area contributed by atoms with Gasteiger partial charge in [-0.2, -0.15) is 0 Å². The summed E-state index contributed by atoms with van der Waals surface area (Å²) < 4.78 is 14.3. The molecule has 5 nitrogen and oxygen atoms in total. The van der Waals surface area contributed by atoms with Gasteiger partial charge in [0.15, 0.2) is 16.5 Å². The minimum atomic E-state index is -0.0810. The fraction of sp³-hybridized carbons (Fsp3) is 0.217. The van der Waals surface area contributed by atoms with E-state index >= 15 is 0 Å². The number of aromatic nitrogens is 2. The third kappa shape index (κ3) is 3.57. The summed E-state index contributed by atoms with van der Waals surface area (Å²) in [4.78, 5) is 18.4. The summed E-state index contributed by atoms with van der Waals surface area (Å²) in [6.45, 7) is 6.60. The molecule has 0 N–H and O–H groups in total. The molecule has 0 aliphatic carbocycles. The van der Waals surface area contributed by atoms with E-state index in [1.807, 2.05) is 51.1 Å². The lowest BCUT2D eigenvalue weighted by atomic mass is 10.1. The highest BCUT2D eigenvalue weighted by Crippen LogP contribution is 2.37. The molecule has 2 heterocycles. The van der Waals surface area contributed by atoms with E-state index in [-0.39, 0.29) is 12.2 Å². The summed E-state index contributed by atoms with van der Waals surface area (Å²) in [5.74, 6) is 3.57. The number of hydrogen-bond donors (Lipinski definition) is 0. The van der Waals surface area contributed by atoms with Gasteiger partial charge in [-0.1, -0.05) is 17.3 Å². The number of imidazole rings is 1. The van der Waals surface area contributed by atoms with Crippen molar-refractivity contribution >= 4 is 49.3 Å². The van der Waals surface area contributed by atoms with Crippen molar-refractivity contribution in [2.24, 2.45) is 0 Å². The smallest absolute Gasteiger partial charge is 0.274 e. The maximum Gasteiger partial charge on any atom is 0.274 e. The first-order valence-electron chi connectivity index (χ1n) is 9.39. The molecule has 0 unspecified atom stereocenters. The quantitative estimate of drug-likeness (QED) is 0.399. The van der Waals surface area contributed by atoms with Gasteiger partial charge < -0.3 is 9.47 Å². The van der Waals surface area contributed by atoms with Gasteiger partial charge in [-0.05, 0) is 83.7 Å². The molecule has 30 heavy (non-hydrogen) atoms. The van der Waals surface area contributed by atoms with E-state index in [1.165, 1.54) is 11.3 Å². The highest BCUT2D eigenvalue weighted by atomic mass is 79.9. The Labute approximate surface area is 186 Å². The molecule has 2 aromatic carbocycles. The zero-order valence-corrected chi connectivity index (χ0v) is 19.2. The molecular weight excluding hydrogens is 464 g/mol. The van der Waals surface area contributed by atoms with E-state index in [0.717, 1.165) is 27.7 Å². The van der Waals surface area contributed by atoms with Crippen molar-refractivity contribution in [2.75, 3.05) is 13.2 Å². The molecule has 152 valence electrons. The summed E-state index contributed by atoms with van der Waals surface area (Å²) in [6.07, 6.45) is 7.14. The van der Waals surface area contributed by atoms with E-state index in [4.69, 9.17) is 15.9 Å². The van der Waals surface area contributed by atoms with Crippen LogP contribution in [0.2, 0.25) is 0 Å². The monoisotopic (exact) mass is 482 g/mol. The average molecular weight is 483 g/mol. The van der Waals surface area contributed by atoms with Crippen molar-refractivity contribution < 1.29 is 9.47 Å². The fourth-order valence-corrected chi connectivity index (χ4v) is 4.82. The zero-order chi connectivity index (χ0) is 21.4. The molecule has 2 aromatic heterocycles. The van der Waals surface area contributed by atoms with Gasteiger partial charge in [0, 0.05) is 0 Å². The van der Waals surface area contributed by atoms with Gasteiger partial charge in [0.1, 0.15) is 6.61 Å². The minimum Gasteiger partial charge on any atom is -0.490 e. The molecule has 0 amide bonds. The number of halogens is 1. The van der Waals surface area contributed by atoms with Crippen molar-refractivity contribution in [1.29, 1.82) is 0 Å². The van der Waals surface area contributed by atoms with E-state index in [9.17, 15) is 4.79 Å². The predicted molar refractivity (Wildman–Crippen MR) is 125 cm³/mol. The Balaban J connectivity index is 1.87. The van der Waals surface area contributed by atoms with Crippen LogP contribution in [0.25, 0.3) is 22.1 Å². The molecule has 0 spiro atoms. The Hall–Kier alpha value is -2.82. The lowest BCUT2D eigenvalue weighted by Crippen LogP contribution is -2.22. The molecule has 4 rings (SSSR count). The largest absolute Gasteiger partial charge is 0.490 e. The molecule has 0 aliphatic rings. The van der Waals surface area contributed by atoms with Crippen LogP contribution in [0.1, 0.15) is 23.6 Å². The second kappa shape index (κ2) is 8.13. The van der Waals surface area contributed by atoms with E-state index in [0.29, 0.717) is 32.1 Å². The van der Waals surface area contributed by atoms with Crippen molar-refractivity contribution in [3.63, 3.8) is 0 Å². The Kier molecular flexibility index (Phi) is 5.54. The van der Waals surface area contributed by atoms with Crippen LogP contribution in [-0.4, -0.2) is 22.6 Å². The summed E-state index contributed by atoms with van der Waals surface area (Å²) in [6, 6.07) is 7.76. The first-order chi connectivity index (χ1) is 14.4. The van der Waals surface area contributed by atoms with Gasteiger partial charge in [0.2, 0.25) is 0 Å². The molecule has 0 saturated carbocycles. The maximum absolute atomic E-state index is 13.1. The number of rotatable bonds is 5. The normalized spacial score (nSPS) is 11.9. The summed E-state index contributed by atoms with van der Waals surface area (Å²) in [7, 11) is 0. The molecule has 0 aliphatic heterocycles. The van der Waals surface area contributed by atoms with Gasteiger partial charge in [-0.3, -0.25) is 4.79 Å². The van der Waals surface area contributed by atoms with Crippen LogP contribution in [0.4, 0.5) is 0 Å². The Morgan fingerprint density at radius 3 is 2.73 bits per heavy atom. The van der Waals surface area contributed by atoms with Crippen molar-refractivity contribution in [3.8, 4) is 23.8 Å². The maximum atomic E-state index is 13.1. The van der Waals surface area contributed by atoms with Crippen LogP contribution in [0, 0.1) is 26.2 Å². The summed E-state index contributed by atoms with van der Waals surface area (Å²) >= 11 is 4.89. The second-order valence-electron chi connectivity index (χ2n) is 6.83. The molecule has 0 atom stereocenters. The Morgan fingerprint density at radius 1 is 1.23 bits per heavy atom. The lowest BCUT2D eigenvalue weighted by Gasteiger charge is -2.13. The van der Waals surface area contributed by atoms with Gasteiger partial charge >= 0.3 is 0 Å². The van der Waals surface area contributed by atoms with E-state index < -0.39 is 0 Å². The van der Waals surface area contributed by atoms with Crippen molar-refractivity contribution in [3.05, 3.63) is 60.3 Å². The molecule has 0 bridgehead atoms. The molecule has 0 radical (unpaired) electrons. The van der Waals surface area contributed by atoms with Crippen LogP contribution in [0.15, 0.2) is 33.5 Å². The molecular formula is C23H19BrN2O3S. The van der Waals surface area contributed by atoms with Gasteiger partial charge in [0.05, 0.1) is 26.6 Å². The number of nitrogens with zero attached hydrogens (tertiary/aromatic N) is 2. The van der Waals surface area contributed by atoms with Crippen LogP contribution >= 0.6 is 27.3 Å². The van der Waals surface area contributed by atoms with E-state index in [2.05, 4.69) is 26.8 Å². The topological polar surface area (TPSA) is 52.8 Å². The highest BCUT2D eigenvalue weighted by Gasteiger charge is 2.14. The van der Waals surface area contributed by atoms with Gasteiger partial charge in [-0.25, -0.2) is 9.38 Å². The van der Waals surface area contributed by atoms with Gasteiger partial charge in [0.25, 0.3) is 5.56 Å². The highest BCUT2D eigenvalue weighted by molar-refractivity contribution is 9.10.